The minimum absolute atomic E-state index is 0.0655. The Morgan fingerprint density at radius 2 is 1.90 bits per heavy atom. The molecule has 0 radical (unpaired) electrons. The van der Waals surface area contributed by atoms with Crippen molar-refractivity contribution in [2.75, 3.05) is 13.1 Å². The molecule has 4 atom stereocenters. The summed E-state index contributed by atoms with van der Waals surface area (Å²) in [7, 11) is 0. The molecule has 0 bridgehead atoms. The third kappa shape index (κ3) is 4.68. The minimum atomic E-state index is -1.54. The highest BCUT2D eigenvalue weighted by Crippen LogP contribution is 2.30. The average molecular weight is 508 g/mol. The van der Waals surface area contributed by atoms with Gasteiger partial charge in [-0.3, -0.25) is 9.59 Å². The number of benzene rings is 1. The first-order valence-electron chi connectivity index (χ1n) is 9.77. The highest BCUT2D eigenvalue weighted by Gasteiger charge is 2.38. The van der Waals surface area contributed by atoms with Crippen LogP contribution in [0.3, 0.4) is 0 Å². The van der Waals surface area contributed by atoms with Crippen LogP contribution >= 0.6 is 27.3 Å². The Morgan fingerprint density at radius 3 is 2.55 bits per heavy atom. The zero-order valence-corrected chi connectivity index (χ0v) is 18.8. The van der Waals surface area contributed by atoms with Gasteiger partial charge in [0, 0.05) is 18.5 Å². The number of fused-ring (bicyclic) bond motifs is 1. The number of amides is 2. The first-order chi connectivity index (χ1) is 14.8. The number of nitrogens with zero attached hydrogens (tertiary/aromatic N) is 1. The number of thiophene rings is 1. The van der Waals surface area contributed by atoms with Gasteiger partial charge in [-0.25, -0.2) is 0 Å². The number of hydrogen-bond donors (Lipinski definition) is 5. The van der Waals surface area contributed by atoms with Gasteiger partial charge in [0.15, 0.2) is 6.10 Å². The average Bonchev–Trinajstić information content (AvgIpc) is 3.43. The second kappa shape index (κ2) is 9.09. The van der Waals surface area contributed by atoms with Gasteiger partial charge in [-0.05, 0) is 34.0 Å². The molecule has 2 amide bonds. The normalized spacial score (nSPS) is 20.7. The molecule has 10 heteroatoms. The molecule has 0 saturated carbocycles. The Bertz CT molecular complexity index is 1080. The maximum atomic E-state index is 12.9. The standard InChI is InChI=1S/C21H22BrN3O5S/c22-12-10-31-17-7-14(23-18(12)17)20(29)24-13(6-11-4-2-1-3-5-11)19(28)21(30)25-8-15(26)16(27)9-25/h1-5,7,10,13,15-16,19,23,26-28H,6,8-9H2,(H,24,29)/t13-,15-,16+,19?/m0/s1. The number of H-pyrrole nitrogens is 1. The SMILES string of the molecule is O=C(N[C@@H](Cc1ccccc1)C(O)C(=O)N1C[C@@H](O)[C@@H](O)C1)c1cc2scc(Br)c2[nH]1. The smallest absolute Gasteiger partial charge is 0.268 e. The second-order valence-electron chi connectivity index (χ2n) is 7.60. The van der Waals surface area contributed by atoms with E-state index in [1.807, 2.05) is 35.7 Å². The van der Waals surface area contributed by atoms with Gasteiger partial charge in [0.05, 0.1) is 32.9 Å². The summed E-state index contributed by atoms with van der Waals surface area (Å²) in [6.45, 7) is -0.131. The quantitative estimate of drug-likeness (QED) is 0.343. The monoisotopic (exact) mass is 507 g/mol. The van der Waals surface area contributed by atoms with Crippen LogP contribution in [-0.2, 0) is 11.2 Å². The zero-order chi connectivity index (χ0) is 22.1. The number of aromatic amines is 1. The van der Waals surface area contributed by atoms with E-state index in [4.69, 9.17) is 0 Å². The number of halogens is 1. The maximum Gasteiger partial charge on any atom is 0.268 e. The second-order valence-corrected chi connectivity index (χ2v) is 9.36. The summed E-state index contributed by atoms with van der Waals surface area (Å²) in [6, 6.07) is 10.1. The van der Waals surface area contributed by atoms with Crippen LogP contribution < -0.4 is 5.32 Å². The largest absolute Gasteiger partial charge is 0.388 e. The molecule has 2 aromatic heterocycles. The van der Waals surface area contributed by atoms with Crippen molar-refractivity contribution in [1.29, 1.82) is 0 Å². The summed E-state index contributed by atoms with van der Waals surface area (Å²) >= 11 is 4.92. The van der Waals surface area contributed by atoms with E-state index in [9.17, 15) is 24.9 Å². The van der Waals surface area contributed by atoms with Crippen LogP contribution in [0.1, 0.15) is 16.1 Å². The van der Waals surface area contributed by atoms with E-state index in [0.29, 0.717) is 5.69 Å². The molecule has 5 N–H and O–H groups in total. The fourth-order valence-electron chi connectivity index (χ4n) is 3.67. The molecular formula is C21H22BrN3O5S. The minimum Gasteiger partial charge on any atom is -0.388 e. The van der Waals surface area contributed by atoms with Gasteiger partial charge >= 0.3 is 0 Å². The highest BCUT2D eigenvalue weighted by molar-refractivity contribution is 9.10. The predicted molar refractivity (Wildman–Crippen MR) is 120 cm³/mol. The molecule has 1 aromatic carbocycles. The number of aliphatic hydroxyl groups is 3. The number of nitrogens with one attached hydrogen (secondary N) is 2. The fourth-order valence-corrected chi connectivity index (χ4v) is 5.20. The molecule has 1 aliphatic heterocycles. The number of β-amino-alcohol motifs (C(OH)–C–C–N with tert-alkyl or cyclic N) is 2. The lowest BCUT2D eigenvalue weighted by Crippen LogP contribution is -2.52. The predicted octanol–water partition coefficient (Wildman–Crippen LogP) is 1.26. The van der Waals surface area contributed by atoms with E-state index < -0.39 is 36.2 Å². The fraction of sp³-hybridized carbons (Fsp3) is 0.333. The van der Waals surface area contributed by atoms with Crippen LogP contribution in [0.15, 0.2) is 46.3 Å². The van der Waals surface area contributed by atoms with Gasteiger partial charge in [0.2, 0.25) is 0 Å². The van der Waals surface area contributed by atoms with Crippen molar-refractivity contribution < 1.29 is 24.9 Å². The number of aliphatic hydroxyl groups excluding tert-OH is 3. The molecule has 1 saturated heterocycles. The topological polar surface area (TPSA) is 126 Å². The Balaban J connectivity index is 1.54. The molecule has 0 spiro atoms. The summed E-state index contributed by atoms with van der Waals surface area (Å²) < 4.78 is 1.77. The van der Waals surface area contributed by atoms with Crippen molar-refractivity contribution in [3.05, 3.63) is 57.5 Å². The lowest BCUT2D eigenvalue weighted by molar-refractivity contribution is -0.141. The third-order valence-electron chi connectivity index (χ3n) is 5.37. The van der Waals surface area contributed by atoms with Gasteiger partial charge in [0.1, 0.15) is 5.69 Å². The Morgan fingerprint density at radius 1 is 1.23 bits per heavy atom. The lowest BCUT2D eigenvalue weighted by atomic mass is 10.00. The van der Waals surface area contributed by atoms with Crippen molar-refractivity contribution in [3.63, 3.8) is 0 Å². The molecule has 164 valence electrons. The van der Waals surface area contributed by atoms with Crippen molar-refractivity contribution in [1.82, 2.24) is 15.2 Å². The number of likely N-dealkylation sites (tertiary alicyclic amines) is 1. The van der Waals surface area contributed by atoms with Crippen LogP contribution in [0, 0.1) is 0 Å². The summed E-state index contributed by atoms with van der Waals surface area (Å²) in [5.74, 6) is -1.09. The van der Waals surface area contributed by atoms with E-state index in [2.05, 4.69) is 26.2 Å². The Labute approximate surface area is 190 Å². The van der Waals surface area contributed by atoms with Crippen molar-refractivity contribution in [2.24, 2.45) is 0 Å². The van der Waals surface area contributed by atoms with Crippen molar-refractivity contribution in [2.45, 2.75) is 30.8 Å². The number of carbonyl (C=O) groups excluding carboxylic acids is 2. The van der Waals surface area contributed by atoms with E-state index in [1.54, 1.807) is 6.07 Å². The van der Waals surface area contributed by atoms with Crippen molar-refractivity contribution >= 4 is 49.3 Å². The van der Waals surface area contributed by atoms with E-state index in [0.717, 1.165) is 20.3 Å². The summed E-state index contributed by atoms with van der Waals surface area (Å²) in [5, 5.41) is 35.0. The van der Waals surface area contributed by atoms with Gasteiger partial charge in [-0.15, -0.1) is 11.3 Å². The maximum absolute atomic E-state index is 12.9. The van der Waals surface area contributed by atoms with Gasteiger partial charge in [0.25, 0.3) is 11.8 Å². The summed E-state index contributed by atoms with van der Waals surface area (Å²) in [5.41, 5.74) is 1.98. The van der Waals surface area contributed by atoms with E-state index in [1.165, 1.54) is 16.2 Å². The van der Waals surface area contributed by atoms with Crippen LogP contribution in [-0.4, -0.2) is 74.5 Å². The van der Waals surface area contributed by atoms with Crippen LogP contribution in [0.25, 0.3) is 10.2 Å². The van der Waals surface area contributed by atoms with Crippen molar-refractivity contribution in [3.8, 4) is 0 Å². The first kappa shape index (κ1) is 22.0. The van der Waals surface area contributed by atoms with Crippen LogP contribution in [0.4, 0.5) is 0 Å². The highest BCUT2D eigenvalue weighted by atomic mass is 79.9. The molecular weight excluding hydrogens is 486 g/mol. The number of carbonyl (C=O) groups is 2. The van der Waals surface area contributed by atoms with E-state index >= 15 is 0 Å². The van der Waals surface area contributed by atoms with Gasteiger partial charge in [-0.1, -0.05) is 30.3 Å². The molecule has 4 rings (SSSR count). The van der Waals surface area contributed by atoms with Crippen LogP contribution in [0.5, 0.6) is 0 Å². The molecule has 1 aliphatic rings. The molecule has 31 heavy (non-hydrogen) atoms. The first-order valence-corrected chi connectivity index (χ1v) is 11.4. The molecule has 3 aromatic rings. The van der Waals surface area contributed by atoms with E-state index in [-0.39, 0.29) is 19.5 Å². The number of rotatable bonds is 6. The summed E-state index contributed by atoms with van der Waals surface area (Å²) in [6.07, 6.45) is -3.41. The van der Waals surface area contributed by atoms with Gasteiger partial charge in [-0.2, -0.15) is 0 Å². The zero-order valence-electron chi connectivity index (χ0n) is 16.4. The number of hydrogen-bond acceptors (Lipinski definition) is 6. The Kier molecular flexibility index (Phi) is 6.44. The van der Waals surface area contributed by atoms with Gasteiger partial charge < -0.3 is 30.5 Å². The molecule has 8 nitrogen and oxygen atoms in total. The molecule has 1 fully saturated rings. The molecule has 0 aliphatic carbocycles. The number of aromatic nitrogens is 1. The third-order valence-corrected chi connectivity index (χ3v) is 7.23. The molecule has 1 unspecified atom stereocenters. The summed E-state index contributed by atoms with van der Waals surface area (Å²) in [4.78, 5) is 30.0. The van der Waals surface area contributed by atoms with Crippen LogP contribution in [0.2, 0.25) is 0 Å². The Hall–Kier alpha value is -2.24. The molecule has 3 heterocycles. The lowest BCUT2D eigenvalue weighted by Gasteiger charge is -2.27.